The van der Waals surface area contributed by atoms with Crippen LogP contribution in [0.5, 0.6) is 0 Å². The molecule has 0 spiro atoms. The quantitative estimate of drug-likeness (QED) is 0.674. The summed E-state index contributed by atoms with van der Waals surface area (Å²) in [5, 5.41) is 2.51. The molecule has 1 aliphatic heterocycles. The van der Waals surface area contributed by atoms with Gasteiger partial charge in [0.1, 0.15) is 5.70 Å². The molecule has 1 N–H and O–H groups in total. The fourth-order valence-corrected chi connectivity index (χ4v) is 2.87. The summed E-state index contributed by atoms with van der Waals surface area (Å²) < 4.78 is 23.0. The third-order valence-electron chi connectivity index (χ3n) is 3.42. The van der Waals surface area contributed by atoms with Crippen molar-refractivity contribution in [3.8, 4) is 0 Å². The Bertz CT molecular complexity index is 935. The minimum Gasteiger partial charge on any atom is -0.302 e. The molecule has 0 saturated carbocycles. The van der Waals surface area contributed by atoms with E-state index in [9.17, 15) is 18.0 Å². The van der Waals surface area contributed by atoms with Gasteiger partial charge in [-0.25, -0.2) is 18.1 Å². The lowest BCUT2D eigenvalue weighted by molar-refractivity contribution is -0.113. The van der Waals surface area contributed by atoms with Gasteiger partial charge in [0.25, 0.3) is 5.91 Å². The number of pyridine rings is 1. The van der Waals surface area contributed by atoms with Gasteiger partial charge in [0, 0.05) is 18.6 Å². The van der Waals surface area contributed by atoms with E-state index in [1.807, 2.05) is 0 Å². The van der Waals surface area contributed by atoms with Gasteiger partial charge in [0.2, 0.25) is 0 Å². The van der Waals surface area contributed by atoms with E-state index in [0.717, 1.165) is 16.7 Å². The number of imide groups is 1. The van der Waals surface area contributed by atoms with Crippen molar-refractivity contribution >= 4 is 33.5 Å². The lowest BCUT2D eigenvalue weighted by Crippen LogP contribution is -2.30. The van der Waals surface area contributed by atoms with Gasteiger partial charge >= 0.3 is 6.03 Å². The average Bonchev–Trinajstić information content (AvgIpc) is 2.82. The number of rotatable bonds is 3. The van der Waals surface area contributed by atoms with E-state index in [1.165, 1.54) is 24.3 Å². The van der Waals surface area contributed by atoms with Crippen molar-refractivity contribution in [1.29, 1.82) is 0 Å². The number of aromatic nitrogens is 1. The summed E-state index contributed by atoms with van der Waals surface area (Å²) in [6, 6.07) is 8.37. The van der Waals surface area contributed by atoms with Crippen molar-refractivity contribution < 1.29 is 18.0 Å². The van der Waals surface area contributed by atoms with Crippen LogP contribution < -0.4 is 10.2 Å². The average molecular weight is 343 g/mol. The second-order valence-corrected chi connectivity index (χ2v) is 7.19. The summed E-state index contributed by atoms with van der Waals surface area (Å²) in [5.41, 5.74) is 1.16. The van der Waals surface area contributed by atoms with Crippen molar-refractivity contribution in [2.45, 2.75) is 4.90 Å². The monoisotopic (exact) mass is 343 g/mol. The van der Waals surface area contributed by atoms with Gasteiger partial charge in [-0.2, -0.15) is 0 Å². The van der Waals surface area contributed by atoms with E-state index in [-0.39, 0.29) is 10.6 Å². The molecule has 1 saturated heterocycles. The van der Waals surface area contributed by atoms with Gasteiger partial charge in [0.05, 0.1) is 10.6 Å². The van der Waals surface area contributed by atoms with Crippen molar-refractivity contribution in [1.82, 2.24) is 10.3 Å². The number of benzene rings is 1. The second kappa shape index (κ2) is 5.89. The molecule has 0 aliphatic carbocycles. The van der Waals surface area contributed by atoms with Gasteiger partial charge in [-0.15, -0.1) is 0 Å². The molecule has 0 radical (unpaired) electrons. The normalized spacial score (nSPS) is 16.5. The van der Waals surface area contributed by atoms with Gasteiger partial charge < -0.3 is 5.32 Å². The van der Waals surface area contributed by atoms with E-state index in [4.69, 9.17) is 0 Å². The zero-order valence-electron chi connectivity index (χ0n) is 12.6. The number of amides is 3. The Morgan fingerprint density at radius 2 is 1.67 bits per heavy atom. The summed E-state index contributed by atoms with van der Waals surface area (Å²) >= 11 is 0. The van der Waals surface area contributed by atoms with E-state index < -0.39 is 21.8 Å². The van der Waals surface area contributed by atoms with E-state index in [2.05, 4.69) is 10.3 Å². The van der Waals surface area contributed by atoms with E-state index in [0.29, 0.717) is 5.69 Å². The number of anilines is 1. The van der Waals surface area contributed by atoms with E-state index in [1.54, 1.807) is 30.6 Å². The molecule has 1 aromatic heterocycles. The first kappa shape index (κ1) is 15.9. The molecule has 24 heavy (non-hydrogen) atoms. The standard InChI is InChI=1S/C16H13N3O4S/c1-24(22,23)13-4-2-12(3-5-13)19-15(20)14(18-16(19)21)10-11-6-8-17-9-7-11/h2-10H,1H3,(H,18,21). The molecule has 3 amide bonds. The minimum absolute atomic E-state index is 0.117. The molecule has 2 aromatic rings. The summed E-state index contributed by atoms with van der Waals surface area (Å²) in [6.07, 6.45) is 5.79. The molecule has 0 atom stereocenters. The molecular weight excluding hydrogens is 330 g/mol. The molecule has 7 nitrogen and oxygen atoms in total. The van der Waals surface area contributed by atoms with Crippen LogP contribution in [0.1, 0.15) is 5.56 Å². The van der Waals surface area contributed by atoms with Crippen molar-refractivity contribution in [3.05, 3.63) is 60.1 Å². The Labute approximate surface area is 138 Å². The maximum Gasteiger partial charge on any atom is 0.333 e. The highest BCUT2D eigenvalue weighted by Gasteiger charge is 2.34. The summed E-state index contributed by atoms with van der Waals surface area (Å²) in [7, 11) is -3.34. The fourth-order valence-electron chi connectivity index (χ4n) is 2.24. The number of hydrogen-bond donors (Lipinski definition) is 1. The van der Waals surface area contributed by atoms with Gasteiger partial charge in [0.15, 0.2) is 9.84 Å². The van der Waals surface area contributed by atoms with Crippen LogP contribution in [0.3, 0.4) is 0 Å². The van der Waals surface area contributed by atoms with Crippen LogP contribution in [-0.4, -0.2) is 31.6 Å². The highest BCUT2D eigenvalue weighted by Crippen LogP contribution is 2.23. The predicted molar refractivity (Wildman–Crippen MR) is 87.8 cm³/mol. The number of nitrogens with one attached hydrogen (secondary N) is 1. The first-order valence-corrected chi connectivity index (χ1v) is 8.83. The Balaban J connectivity index is 1.91. The molecule has 122 valence electrons. The number of carbonyl (C=O) groups is 2. The molecular formula is C16H13N3O4S. The van der Waals surface area contributed by atoms with E-state index >= 15 is 0 Å². The van der Waals surface area contributed by atoms with Crippen molar-refractivity contribution in [2.24, 2.45) is 0 Å². The number of urea groups is 1. The van der Waals surface area contributed by atoms with Crippen LogP contribution in [0.25, 0.3) is 6.08 Å². The summed E-state index contributed by atoms with van der Waals surface area (Å²) in [4.78, 5) is 29.5. The van der Waals surface area contributed by atoms with Crippen LogP contribution in [-0.2, 0) is 14.6 Å². The zero-order chi connectivity index (χ0) is 17.3. The molecule has 1 aliphatic rings. The molecule has 8 heteroatoms. The third-order valence-corrected chi connectivity index (χ3v) is 4.55. The lowest BCUT2D eigenvalue weighted by atomic mass is 10.2. The summed E-state index contributed by atoms with van der Waals surface area (Å²) in [6.45, 7) is 0. The smallest absolute Gasteiger partial charge is 0.302 e. The second-order valence-electron chi connectivity index (χ2n) is 5.18. The SMILES string of the molecule is CS(=O)(=O)c1ccc(N2C(=O)NC(=Cc3ccncc3)C2=O)cc1. The van der Waals surface area contributed by atoms with Crippen LogP contribution in [0.2, 0.25) is 0 Å². The van der Waals surface area contributed by atoms with Gasteiger partial charge in [-0.3, -0.25) is 9.78 Å². The molecule has 2 heterocycles. The Kier molecular flexibility index (Phi) is 3.90. The summed E-state index contributed by atoms with van der Waals surface area (Å²) in [5.74, 6) is -0.510. The number of carbonyl (C=O) groups excluding carboxylic acids is 2. The Morgan fingerprint density at radius 3 is 2.25 bits per heavy atom. The number of nitrogens with zero attached hydrogens (tertiary/aromatic N) is 2. The van der Waals surface area contributed by atoms with Crippen LogP contribution in [0, 0.1) is 0 Å². The van der Waals surface area contributed by atoms with Crippen molar-refractivity contribution in [2.75, 3.05) is 11.2 Å². The first-order valence-electron chi connectivity index (χ1n) is 6.93. The zero-order valence-corrected chi connectivity index (χ0v) is 13.4. The van der Waals surface area contributed by atoms with Gasteiger partial charge in [-0.1, -0.05) is 0 Å². The molecule has 0 unspecified atom stereocenters. The minimum atomic E-state index is -3.34. The highest BCUT2D eigenvalue weighted by molar-refractivity contribution is 7.90. The van der Waals surface area contributed by atoms with Crippen LogP contribution in [0.4, 0.5) is 10.5 Å². The Hall–Kier alpha value is -3.00. The first-order chi connectivity index (χ1) is 11.4. The maximum atomic E-state index is 12.4. The van der Waals surface area contributed by atoms with Crippen LogP contribution in [0.15, 0.2) is 59.4 Å². The molecule has 0 bridgehead atoms. The molecule has 1 fully saturated rings. The molecule has 3 rings (SSSR count). The van der Waals surface area contributed by atoms with Crippen molar-refractivity contribution in [3.63, 3.8) is 0 Å². The number of hydrogen-bond acceptors (Lipinski definition) is 5. The Morgan fingerprint density at radius 1 is 1.04 bits per heavy atom. The predicted octanol–water partition coefficient (Wildman–Crippen LogP) is 1.58. The lowest BCUT2D eigenvalue weighted by Gasteiger charge is -2.12. The maximum absolute atomic E-state index is 12.4. The largest absolute Gasteiger partial charge is 0.333 e. The number of sulfone groups is 1. The third kappa shape index (κ3) is 3.04. The van der Waals surface area contributed by atoms with Crippen LogP contribution >= 0.6 is 0 Å². The molecule has 1 aromatic carbocycles. The topological polar surface area (TPSA) is 96.4 Å². The highest BCUT2D eigenvalue weighted by atomic mass is 32.2. The van der Waals surface area contributed by atoms with Gasteiger partial charge in [-0.05, 0) is 48.0 Å². The fraction of sp³-hybridized carbons (Fsp3) is 0.0625.